The summed E-state index contributed by atoms with van der Waals surface area (Å²) in [4.78, 5) is 24.2. The third-order valence-electron chi connectivity index (χ3n) is 4.23. The second-order valence-electron chi connectivity index (χ2n) is 6.20. The maximum atomic E-state index is 12.2. The minimum Gasteiger partial charge on any atom is -0.452 e. The Morgan fingerprint density at radius 3 is 2.35 bits per heavy atom. The zero-order valence-electron chi connectivity index (χ0n) is 15.1. The van der Waals surface area contributed by atoms with Crippen molar-refractivity contribution >= 4 is 23.5 Å². The molecule has 26 heavy (non-hydrogen) atoms. The van der Waals surface area contributed by atoms with Gasteiger partial charge in [-0.15, -0.1) is 0 Å². The van der Waals surface area contributed by atoms with Crippen LogP contribution in [-0.2, 0) is 20.7 Å². The van der Waals surface area contributed by atoms with Crippen LogP contribution in [0.3, 0.4) is 0 Å². The largest absolute Gasteiger partial charge is 0.452 e. The van der Waals surface area contributed by atoms with Gasteiger partial charge in [-0.05, 0) is 36.6 Å². The SMILES string of the molecule is CC[C@H](CNC(=O)[C@@H](C)OC(=O)Cc1ccc(Cl)cc1)c1ccccc1. The fourth-order valence-corrected chi connectivity index (χ4v) is 2.78. The van der Waals surface area contributed by atoms with E-state index in [9.17, 15) is 9.59 Å². The number of nitrogens with one attached hydrogen (secondary N) is 1. The smallest absolute Gasteiger partial charge is 0.311 e. The van der Waals surface area contributed by atoms with Gasteiger partial charge >= 0.3 is 5.97 Å². The highest BCUT2D eigenvalue weighted by Gasteiger charge is 2.19. The number of hydrogen-bond acceptors (Lipinski definition) is 3. The van der Waals surface area contributed by atoms with Crippen LogP contribution in [0.15, 0.2) is 54.6 Å². The minimum atomic E-state index is -0.830. The van der Waals surface area contributed by atoms with Crippen LogP contribution >= 0.6 is 11.6 Å². The van der Waals surface area contributed by atoms with Gasteiger partial charge in [0.05, 0.1) is 6.42 Å². The van der Waals surface area contributed by atoms with Gasteiger partial charge in [-0.3, -0.25) is 9.59 Å². The van der Waals surface area contributed by atoms with E-state index in [4.69, 9.17) is 16.3 Å². The lowest BCUT2D eigenvalue weighted by Crippen LogP contribution is -2.38. The molecule has 1 amide bonds. The highest BCUT2D eigenvalue weighted by atomic mass is 35.5. The first kappa shape index (κ1) is 20.0. The molecule has 2 atom stereocenters. The molecule has 0 unspecified atom stereocenters. The standard InChI is InChI=1S/C21H24ClNO3/c1-3-17(18-7-5-4-6-8-18)14-23-21(25)15(2)26-20(24)13-16-9-11-19(22)12-10-16/h4-12,15,17H,3,13-14H2,1-2H3,(H,23,25)/t15-,17-/m1/s1. The van der Waals surface area contributed by atoms with E-state index < -0.39 is 12.1 Å². The summed E-state index contributed by atoms with van der Waals surface area (Å²) in [5.41, 5.74) is 1.98. The number of carbonyl (C=O) groups is 2. The van der Waals surface area contributed by atoms with Gasteiger partial charge in [0.15, 0.2) is 6.10 Å². The van der Waals surface area contributed by atoms with Crippen molar-refractivity contribution in [3.8, 4) is 0 Å². The highest BCUT2D eigenvalue weighted by molar-refractivity contribution is 6.30. The Bertz CT molecular complexity index is 716. The molecule has 0 aliphatic carbocycles. The van der Waals surface area contributed by atoms with Gasteiger partial charge in [-0.25, -0.2) is 0 Å². The van der Waals surface area contributed by atoms with E-state index in [0.29, 0.717) is 11.6 Å². The molecule has 0 aliphatic rings. The maximum Gasteiger partial charge on any atom is 0.311 e. The van der Waals surface area contributed by atoms with E-state index in [0.717, 1.165) is 12.0 Å². The number of ether oxygens (including phenoxy) is 1. The summed E-state index contributed by atoms with van der Waals surface area (Å²) < 4.78 is 5.23. The van der Waals surface area contributed by atoms with E-state index in [1.54, 1.807) is 31.2 Å². The first-order chi connectivity index (χ1) is 12.5. The van der Waals surface area contributed by atoms with Crippen molar-refractivity contribution in [3.05, 3.63) is 70.7 Å². The quantitative estimate of drug-likeness (QED) is 0.708. The summed E-state index contributed by atoms with van der Waals surface area (Å²) in [5.74, 6) is -0.494. The van der Waals surface area contributed by atoms with Crippen molar-refractivity contribution in [1.82, 2.24) is 5.32 Å². The van der Waals surface area contributed by atoms with Gasteiger partial charge in [0.1, 0.15) is 0 Å². The van der Waals surface area contributed by atoms with Crippen LogP contribution in [0.1, 0.15) is 37.3 Å². The monoisotopic (exact) mass is 373 g/mol. The Balaban J connectivity index is 1.81. The highest BCUT2D eigenvalue weighted by Crippen LogP contribution is 2.18. The van der Waals surface area contributed by atoms with Crippen LogP contribution in [-0.4, -0.2) is 24.5 Å². The average Bonchev–Trinajstić information content (AvgIpc) is 2.64. The van der Waals surface area contributed by atoms with Gasteiger partial charge in [0, 0.05) is 17.5 Å². The third kappa shape index (κ3) is 6.19. The van der Waals surface area contributed by atoms with E-state index in [1.807, 2.05) is 18.2 Å². The molecule has 2 aromatic carbocycles. The van der Waals surface area contributed by atoms with Crippen LogP contribution in [0.25, 0.3) is 0 Å². The number of hydrogen-bond donors (Lipinski definition) is 1. The van der Waals surface area contributed by atoms with E-state index >= 15 is 0 Å². The molecule has 0 saturated carbocycles. The van der Waals surface area contributed by atoms with Gasteiger partial charge in [-0.2, -0.15) is 0 Å². The van der Waals surface area contributed by atoms with Crippen LogP contribution < -0.4 is 5.32 Å². The van der Waals surface area contributed by atoms with Crippen LogP contribution in [0.4, 0.5) is 0 Å². The molecule has 2 rings (SSSR count). The fourth-order valence-electron chi connectivity index (χ4n) is 2.65. The Hall–Kier alpha value is -2.33. The number of benzene rings is 2. The molecule has 0 aromatic heterocycles. The normalized spacial score (nSPS) is 12.9. The van der Waals surface area contributed by atoms with Gasteiger partial charge in [-0.1, -0.05) is 61.0 Å². The lowest BCUT2D eigenvalue weighted by Gasteiger charge is -2.18. The van der Waals surface area contributed by atoms with E-state index in [2.05, 4.69) is 24.4 Å². The fraction of sp³-hybridized carbons (Fsp3) is 0.333. The van der Waals surface area contributed by atoms with Crippen LogP contribution in [0, 0.1) is 0 Å². The average molecular weight is 374 g/mol. The zero-order chi connectivity index (χ0) is 18.9. The summed E-state index contributed by atoms with van der Waals surface area (Å²) in [6.07, 6.45) is 0.189. The molecule has 2 aromatic rings. The van der Waals surface area contributed by atoms with Crippen molar-refractivity contribution in [3.63, 3.8) is 0 Å². The molecule has 5 heteroatoms. The van der Waals surface area contributed by atoms with Crippen molar-refractivity contribution in [2.24, 2.45) is 0 Å². The molecule has 0 spiro atoms. The molecular formula is C21H24ClNO3. The number of esters is 1. The molecule has 138 valence electrons. The summed E-state index contributed by atoms with van der Waals surface area (Å²) in [7, 11) is 0. The second kappa shape index (κ2) is 9.97. The number of rotatable bonds is 8. The topological polar surface area (TPSA) is 55.4 Å². The predicted molar refractivity (Wildman–Crippen MR) is 103 cm³/mol. The first-order valence-corrected chi connectivity index (χ1v) is 9.14. The first-order valence-electron chi connectivity index (χ1n) is 8.76. The molecule has 0 heterocycles. The predicted octanol–water partition coefficient (Wildman–Crippen LogP) is 4.12. The number of carbonyl (C=O) groups excluding carboxylic acids is 2. The molecule has 4 nitrogen and oxygen atoms in total. The zero-order valence-corrected chi connectivity index (χ0v) is 15.8. The van der Waals surface area contributed by atoms with E-state index in [-0.39, 0.29) is 18.2 Å². The van der Waals surface area contributed by atoms with Crippen LogP contribution in [0.5, 0.6) is 0 Å². The van der Waals surface area contributed by atoms with Crippen molar-refractivity contribution in [2.45, 2.75) is 38.7 Å². The Morgan fingerprint density at radius 1 is 1.08 bits per heavy atom. The maximum absolute atomic E-state index is 12.2. The van der Waals surface area contributed by atoms with Crippen LogP contribution in [0.2, 0.25) is 5.02 Å². The molecule has 0 saturated heterocycles. The summed E-state index contributed by atoms with van der Waals surface area (Å²) in [5, 5.41) is 3.48. The van der Waals surface area contributed by atoms with Gasteiger partial charge in [0.25, 0.3) is 5.91 Å². The molecule has 0 fully saturated rings. The molecule has 0 radical (unpaired) electrons. The summed E-state index contributed by atoms with van der Waals surface area (Å²) in [6.45, 7) is 4.18. The number of amides is 1. The van der Waals surface area contributed by atoms with Gasteiger partial charge in [0.2, 0.25) is 0 Å². The number of halogens is 1. The lowest BCUT2D eigenvalue weighted by atomic mass is 9.96. The third-order valence-corrected chi connectivity index (χ3v) is 4.48. The van der Waals surface area contributed by atoms with Gasteiger partial charge < -0.3 is 10.1 Å². The lowest BCUT2D eigenvalue weighted by molar-refractivity contribution is -0.154. The molecule has 0 bridgehead atoms. The van der Waals surface area contributed by atoms with E-state index in [1.165, 1.54) is 5.56 Å². The summed E-state index contributed by atoms with van der Waals surface area (Å²) in [6, 6.07) is 17.0. The minimum absolute atomic E-state index is 0.108. The Kier molecular flexibility index (Phi) is 7.67. The van der Waals surface area contributed by atoms with Crippen molar-refractivity contribution in [2.75, 3.05) is 6.54 Å². The molecular weight excluding hydrogens is 350 g/mol. The second-order valence-corrected chi connectivity index (χ2v) is 6.63. The Morgan fingerprint density at radius 2 is 1.73 bits per heavy atom. The molecule has 1 N–H and O–H groups in total. The van der Waals surface area contributed by atoms with Crippen molar-refractivity contribution < 1.29 is 14.3 Å². The van der Waals surface area contributed by atoms with Crippen molar-refractivity contribution in [1.29, 1.82) is 0 Å². The Labute approximate surface area is 159 Å². The summed E-state index contributed by atoms with van der Waals surface area (Å²) >= 11 is 5.82. The molecule has 0 aliphatic heterocycles.